The maximum atomic E-state index is 14.1. The van der Waals surface area contributed by atoms with Crippen molar-refractivity contribution in [2.24, 2.45) is 0 Å². The van der Waals surface area contributed by atoms with Crippen LogP contribution in [0.5, 0.6) is 5.75 Å². The Labute approximate surface area is 173 Å². The summed E-state index contributed by atoms with van der Waals surface area (Å²) in [5.74, 6) is -2.21. The Kier molecular flexibility index (Phi) is 5.50. The average molecular weight is 441 g/mol. The minimum Gasteiger partial charge on any atom is -0.487 e. The van der Waals surface area contributed by atoms with E-state index in [2.05, 4.69) is 14.1 Å². The van der Waals surface area contributed by atoms with E-state index in [4.69, 9.17) is 4.74 Å². The number of rotatable bonds is 5. The molecule has 0 aliphatic carbocycles. The Balaban J connectivity index is 1.34. The molecule has 160 valence electrons. The first-order valence-electron chi connectivity index (χ1n) is 9.21. The van der Waals surface area contributed by atoms with Gasteiger partial charge in [-0.25, -0.2) is 13.2 Å². The van der Waals surface area contributed by atoms with Crippen LogP contribution in [-0.4, -0.2) is 70.0 Å². The lowest BCUT2D eigenvalue weighted by molar-refractivity contribution is -0.128. The van der Waals surface area contributed by atoms with Crippen molar-refractivity contribution in [3.63, 3.8) is 0 Å². The standard InChI is InChI=1S/C18H18F3N5O3S/c1-9(27)25-7-14(21)15(8-25)22-18(28)16-17(24-30-23-16)26-5-11(6-26)29-10-2-3-12(19)13(20)4-10/h2-4,11,14-15H,5-8H2,1H3,(H,22,28)/t14?,15-/m0/s1. The number of amides is 2. The molecule has 0 radical (unpaired) electrons. The molecule has 30 heavy (non-hydrogen) atoms. The van der Waals surface area contributed by atoms with Gasteiger partial charge in [-0.2, -0.15) is 8.75 Å². The van der Waals surface area contributed by atoms with E-state index >= 15 is 0 Å². The second kappa shape index (κ2) is 8.09. The van der Waals surface area contributed by atoms with E-state index in [9.17, 15) is 22.8 Å². The number of benzene rings is 1. The smallest absolute Gasteiger partial charge is 0.275 e. The molecule has 2 aliphatic heterocycles. The normalized spacial score (nSPS) is 21.5. The van der Waals surface area contributed by atoms with Gasteiger partial charge in [-0.3, -0.25) is 9.59 Å². The highest BCUT2D eigenvalue weighted by Crippen LogP contribution is 2.27. The summed E-state index contributed by atoms with van der Waals surface area (Å²) in [7, 11) is 0. The Hall–Kier alpha value is -2.89. The fourth-order valence-corrected chi connectivity index (χ4v) is 3.92. The molecular formula is C18H18F3N5O3S. The van der Waals surface area contributed by atoms with E-state index in [1.165, 1.54) is 17.9 Å². The molecular weight excluding hydrogens is 423 g/mol. The van der Waals surface area contributed by atoms with Gasteiger partial charge in [-0.15, -0.1) is 0 Å². The van der Waals surface area contributed by atoms with Gasteiger partial charge in [0, 0.05) is 19.5 Å². The first-order chi connectivity index (χ1) is 14.3. The quantitative estimate of drug-likeness (QED) is 0.755. The van der Waals surface area contributed by atoms with E-state index in [1.807, 2.05) is 0 Å². The van der Waals surface area contributed by atoms with Crippen LogP contribution in [0, 0.1) is 11.6 Å². The summed E-state index contributed by atoms with van der Waals surface area (Å²) in [4.78, 5) is 27.1. The first-order valence-corrected chi connectivity index (χ1v) is 9.94. The molecule has 3 heterocycles. The van der Waals surface area contributed by atoms with Crippen LogP contribution in [0.2, 0.25) is 0 Å². The molecule has 2 amide bonds. The number of ether oxygens (including phenoxy) is 1. The summed E-state index contributed by atoms with van der Waals surface area (Å²) in [6.45, 7) is 2.14. The molecule has 1 aromatic carbocycles. The van der Waals surface area contributed by atoms with E-state index in [-0.39, 0.29) is 36.5 Å². The molecule has 8 nitrogen and oxygen atoms in total. The SMILES string of the molecule is CC(=O)N1CC(F)[C@@H](NC(=O)c2nsnc2N2CC(Oc3ccc(F)c(F)c3)C2)C1. The zero-order valence-electron chi connectivity index (χ0n) is 15.8. The third-order valence-corrected chi connectivity index (χ3v) is 5.56. The molecule has 0 spiro atoms. The molecule has 2 atom stereocenters. The van der Waals surface area contributed by atoms with Crippen molar-refractivity contribution in [1.82, 2.24) is 19.0 Å². The summed E-state index contributed by atoms with van der Waals surface area (Å²) in [5.41, 5.74) is 0.0692. The lowest BCUT2D eigenvalue weighted by Gasteiger charge is -2.39. The van der Waals surface area contributed by atoms with E-state index < -0.39 is 29.8 Å². The fourth-order valence-electron chi connectivity index (χ4n) is 3.36. The number of hydrogen-bond donors (Lipinski definition) is 1. The zero-order valence-corrected chi connectivity index (χ0v) is 16.7. The highest BCUT2D eigenvalue weighted by molar-refractivity contribution is 6.99. The van der Waals surface area contributed by atoms with Crippen LogP contribution >= 0.6 is 11.7 Å². The number of likely N-dealkylation sites (tertiary alicyclic amines) is 1. The molecule has 12 heteroatoms. The number of aromatic nitrogens is 2. The van der Waals surface area contributed by atoms with Crippen LogP contribution in [0.1, 0.15) is 17.4 Å². The molecule has 1 aromatic heterocycles. The second-order valence-corrected chi connectivity index (χ2v) is 7.71. The van der Waals surface area contributed by atoms with Gasteiger partial charge in [0.15, 0.2) is 23.1 Å². The highest BCUT2D eigenvalue weighted by Gasteiger charge is 2.38. The van der Waals surface area contributed by atoms with Gasteiger partial charge in [0.05, 0.1) is 37.4 Å². The van der Waals surface area contributed by atoms with Crippen LogP contribution in [0.4, 0.5) is 19.0 Å². The largest absolute Gasteiger partial charge is 0.487 e. The number of anilines is 1. The summed E-state index contributed by atoms with van der Waals surface area (Å²) >= 11 is 0.852. The number of hydrogen-bond acceptors (Lipinski definition) is 7. The van der Waals surface area contributed by atoms with Gasteiger partial charge in [0.2, 0.25) is 5.91 Å². The number of carbonyl (C=O) groups excluding carboxylic acids is 2. The number of halogens is 3. The van der Waals surface area contributed by atoms with E-state index in [0.717, 1.165) is 23.9 Å². The third kappa shape index (κ3) is 4.04. The molecule has 2 aliphatic rings. The van der Waals surface area contributed by atoms with Crippen molar-refractivity contribution in [2.45, 2.75) is 25.2 Å². The highest BCUT2D eigenvalue weighted by atomic mass is 32.1. The van der Waals surface area contributed by atoms with E-state index in [1.54, 1.807) is 4.90 Å². The summed E-state index contributed by atoms with van der Waals surface area (Å²) in [5, 5.41) is 2.58. The Morgan fingerprint density at radius 3 is 2.60 bits per heavy atom. The molecule has 2 fully saturated rings. The van der Waals surface area contributed by atoms with Gasteiger partial charge in [0.25, 0.3) is 5.91 Å². The Bertz CT molecular complexity index is 968. The lowest BCUT2D eigenvalue weighted by Crippen LogP contribution is -2.54. The summed E-state index contributed by atoms with van der Waals surface area (Å²) < 4.78 is 54.1. The van der Waals surface area contributed by atoms with E-state index in [0.29, 0.717) is 18.9 Å². The van der Waals surface area contributed by atoms with Crippen molar-refractivity contribution >= 4 is 29.4 Å². The van der Waals surface area contributed by atoms with Crippen LogP contribution < -0.4 is 15.0 Å². The van der Waals surface area contributed by atoms with Crippen molar-refractivity contribution in [2.75, 3.05) is 31.1 Å². The minimum absolute atomic E-state index is 0.0580. The monoisotopic (exact) mass is 441 g/mol. The first kappa shape index (κ1) is 20.4. The molecule has 0 saturated carbocycles. The van der Waals surface area contributed by atoms with Crippen molar-refractivity contribution in [1.29, 1.82) is 0 Å². The van der Waals surface area contributed by atoms with Gasteiger partial charge < -0.3 is 19.9 Å². The number of carbonyl (C=O) groups is 2. The Morgan fingerprint density at radius 1 is 1.17 bits per heavy atom. The fraction of sp³-hybridized carbons (Fsp3) is 0.444. The number of nitrogens with one attached hydrogen (secondary N) is 1. The van der Waals surface area contributed by atoms with Gasteiger partial charge >= 0.3 is 0 Å². The predicted molar refractivity (Wildman–Crippen MR) is 101 cm³/mol. The van der Waals surface area contributed by atoms with Crippen LogP contribution in [0.3, 0.4) is 0 Å². The molecule has 1 N–H and O–H groups in total. The lowest BCUT2D eigenvalue weighted by atomic mass is 10.1. The average Bonchev–Trinajstić information content (AvgIpc) is 3.28. The van der Waals surface area contributed by atoms with Crippen molar-refractivity contribution in [3.8, 4) is 5.75 Å². The topological polar surface area (TPSA) is 87.7 Å². The van der Waals surface area contributed by atoms with Crippen LogP contribution in [-0.2, 0) is 4.79 Å². The second-order valence-electron chi connectivity index (χ2n) is 7.18. The van der Waals surface area contributed by atoms with Gasteiger partial charge in [-0.05, 0) is 12.1 Å². The van der Waals surface area contributed by atoms with Crippen molar-refractivity contribution in [3.05, 3.63) is 35.5 Å². The molecule has 2 aromatic rings. The maximum absolute atomic E-state index is 14.1. The summed E-state index contributed by atoms with van der Waals surface area (Å²) in [6, 6.07) is 2.49. The number of alkyl halides is 1. The molecule has 0 bridgehead atoms. The summed E-state index contributed by atoms with van der Waals surface area (Å²) in [6.07, 6.45) is -1.65. The number of nitrogens with zero attached hydrogens (tertiary/aromatic N) is 4. The minimum atomic E-state index is -1.36. The zero-order chi connectivity index (χ0) is 21.4. The maximum Gasteiger partial charge on any atom is 0.275 e. The van der Waals surface area contributed by atoms with Gasteiger partial charge in [-0.1, -0.05) is 0 Å². The molecule has 2 saturated heterocycles. The van der Waals surface area contributed by atoms with Crippen LogP contribution in [0.25, 0.3) is 0 Å². The predicted octanol–water partition coefficient (Wildman–Crippen LogP) is 1.38. The third-order valence-electron chi connectivity index (χ3n) is 5.04. The van der Waals surface area contributed by atoms with Crippen LogP contribution in [0.15, 0.2) is 18.2 Å². The molecule has 4 rings (SSSR count). The van der Waals surface area contributed by atoms with Gasteiger partial charge in [0.1, 0.15) is 18.0 Å². The van der Waals surface area contributed by atoms with Crippen molar-refractivity contribution < 1.29 is 27.5 Å². The Morgan fingerprint density at radius 2 is 1.93 bits per heavy atom. The molecule has 1 unspecified atom stereocenters.